The number of hydrogen-bond acceptors (Lipinski definition) is 4. The van der Waals surface area contributed by atoms with Crippen molar-refractivity contribution in [1.29, 1.82) is 0 Å². The predicted molar refractivity (Wildman–Crippen MR) is 152 cm³/mol. The molecule has 0 saturated carbocycles. The third kappa shape index (κ3) is 5.41. The largest absolute Gasteiger partial charge is 0.371 e. The smallest absolute Gasteiger partial charge is 0.256 e. The fraction of sp³-hybridized carbons (Fsp3) is 0.188. The highest BCUT2D eigenvalue weighted by molar-refractivity contribution is 6.08. The summed E-state index contributed by atoms with van der Waals surface area (Å²) < 4.78 is 0. The molecule has 2 aliphatic heterocycles. The second-order valence-electron chi connectivity index (χ2n) is 9.46. The van der Waals surface area contributed by atoms with Crippen LogP contribution in [-0.4, -0.2) is 38.4 Å². The number of amides is 1. The number of para-hydroxylation sites is 2. The lowest BCUT2D eigenvalue weighted by atomic mass is 9.99. The van der Waals surface area contributed by atoms with Crippen LogP contribution in [0.4, 0.5) is 17.1 Å². The molecule has 1 fully saturated rings. The van der Waals surface area contributed by atoms with Crippen LogP contribution >= 0.6 is 0 Å². The minimum atomic E-state index is -0.177. The molecule has 2 heterocycles. The van der Waals surface area contributed by atoms with Crippen molar-refractivity contribution in [2.45, 2.75) is 18.9 Å². The SMILES string of the molecule is CN1CC2CCCN2c2ccccc21.O=Cc1ccc(NC(=O)c2ccccc2-c2ccccc2)cc1. The summed E-state index contributed by atoms with van der Waals surface area (Å²) in [7, 11) is 2.20. The van der Waals surface area contributed by atoms with E-state index in [2.05, 4.69) is 46.4 Å². The van der Waals surface area contributed by atoms with E-state index >= 15 is 0 Å². The van der Waals surface area contributed by atoms with Crippen molar-refractivity contribution in [1.82, 2.24) is 0 Å². The Balaban J connectivity index is 0.000000170. The van der Waals surface area contributed by atoms with Gasteiger partial charge in [0.15, 0.2) is 0 Å². The molecule has 0 aromatic heterocycles. The molecule has 2 aliphatic rings. The minimum absolute atomic E-state index is 0.177. The van der Waals surface area contributed by atoms with Crippen molar-refractivity contribution in [3.8, 4) is 11.1 Å². The van der Waals surface area contributed by atoms with Gasteiger partial charge >= 0.3 is 0 Å². The zero-order valence-electron chi connectivity index (χ0n) is 21.0. The number of hydrogen-bond donors (Lipinski definition) is 1. The van der Waals surface area contributed by atoms with Crippen LogP contribution in [0.25, 0.3) is 11.1 Å². The van der Waals surface area contributed by atoms with E-state index in [1.165, 1.54) is 37.3 Å². The van der Waals surface area contributed by atoms with Gasteiger partial charge in [-0.25, -0.2) is 0 Å². The van der Waals surface area contributed by atoms with Crippen LogP contribution in [0.2, 0.25) is 0 Å². The molecule has 186 valence electrons. The molecule has 0 radical (unpaired) electrons. The van der Waals surface area contributed by atoms with Crippen molar-refractivity contribution >= 4 is 29.3 Å². The number of rotatable bonds is 4. The molecule has 6 rings (SSSR count). The fourth-order valence-electron chi connectivity index (χ4n) is 5.18. The number of aldehydes is 1. The van der Waals surface area contributed by atoms with Gasteiger partial charge in [0.1, 0.15) is 6.29 Å². The van der Waals surface area contributed by atoms with Gasteiger partial charge in [-0.15, -0.1) is 0 Å². The highest BCUT2D eigenvalue weighted by Crippen LogP contribution is 2.38. The minimum Gasteiger partial charge on any atom is -0.371 e. The Bertz CT molecular complexity index is 1370. The van der Waals surface area contributed by atoms with Crippen molar-refractivity contribution in [2.75, 3.05) is 35.3 Å². The number of benzene rings is 4. The summed E-state index contributed by atoms with van der Waals surface area (Å²) in [5.74, 6) is -0.177. The van der Waals surface area contributed by atoms with Gasteiger partial charge in [-0.3, -0.25) is 9.59 Å². The first-order valence-corrected chi connectivity index (χ1v) is 12.7. The first-order chi connectivity index (χ1) is 18.1. The third-order valence-electron chi connectivity index (χ3n) is 7.03. The van der Waals surface area contributed by atoms with Crippen molar-refractivity contribution in [2.24, 2.45) is 0 Å². The van der Waals surface area contributed by atoms with Crippen LogP contribution in [-0.2, 0) is 0 Å². The Hall–Kier alpha value is -4.38. The second kappa shape index (κ2) is 11.1. The van der Waals surface area contributed by atoms with Crippen LogP contribution in [0.3, 0.4) is 0 Å². The van der Waals surface area contributed by atoms with Crippen molar-refractivity contribution in [3.05, 3.63) is 114 Å². The second-order valence-corrected chi connectivity index (χ2v) is 9.46. The quantitative estimate of drug-likeness (QED) is 0.332. The average Bonchev–Trinajstić information content (AvgIpc) is 3.43. The lowest BCUT2D eigenvalue weighted by Crippen LogP contribution is -2.43. The van der Waals surface area contributed by atoms with E-state index in [1.807, 2.05) is 48.5 Å². The average molecular weight is 490 g/mol. The Labute approximate surface area is 218 Å². The van der Waals surface area contributed by atoms with E-state index in [9.17, 15) is 9.59 Å². The van der Waals surface area contributed by atoms with Crippen LogP contribution in [0.1, 0.15) is 33.6 Å². The summed E-state index contributed by atoms with van der Waals surface area (Å²) in [4.78, 5) is 28.2. The van der Waals surface area contributed by atoms with E-state index in [4.69, 9.17) is 0 Å². The van der Waals surface area contributed by atoms with Gasteiger partial charge in [-0.05, 0) is 66.4 Å². The summed E-state index contributed by atoms with van der Waals surface area (Å²) in [5.41, 5.74) is 6.55. The standard InChI is InChI=1S/C20H15NO2.C12H16N2/c22-14-15-10-12-17(13-11-15)21-20(23)19-9-5-4-8-18(19)16-6-2-1-3-7-16;1-13-9-10-5-4-8-14(10)12-7-3-2-6-11(12)13/h1-14H,(H,21,23);2-3,6-7,10H,4-5,8-9H2,1H3. The summed E-state index contributed by atoms with van der Waals surface area (Å²) in [6.45, 7) is 2.44. The predicted octanol–water partition coefficient (Wildman–Crippen LogP) is 6.52. The molecule has 1 amide bonds. The lowest BCUT2D eigenvalue weighted by Gasteiger charge is -2.39. The van der Waals surface area contributed by atoms with E-state index < -0.39 is 0 Å². The third-order valence-corrected chi connectivity index (χ3v) is 7.03. The number of nitrogens with one attached hydrogen (secondary N) is 1. The van der Waals surface area contributed by atoms with Gasteiger partial charge < -0.3 is 15.1 Å². The molecule has 0 aliphatic carbocycles. The highest BCUT2D eigenvalue weighted by atomic mass is 16.1. The first kappa shape index (κ1) is 24.3. The van der Waals surface area contributed by atoms with Crippen LogP contribution < -0.4 is 15.1 Å². The topological polar surface area (TPSA) is 52.6 Å². The van der Waals surface area contributed by atoms with E-state index in [-0.39, 0.29) is 5.91 Å². The summed E-state index contributed by atoms with van der Waals surface area (Å²) in [6, 6.07) is 33.6. The number of nitrogens with zero attached hydrogens (tertiary/aromatic N) is 2. The summed E-state index contributed by atoms with van der Waals surface area (Å²) in [6.07, 6.45) is 3.49. The van der Waals surface area contributed by atoms with Crippen molar-refractivity contribution in [3.63, 3.8) is 0 Å². The normalized spacial score (nSPS) is 15.6. The van der Waals surface area contributed by atoms with Gasteiger partial charge in [-0.2, -0.15) is 0 Å². The number of carbonyl (C=O) groups is 2. The molecule has 0 bridgehead atoms. The van der Waals surface area contributed by atoms with E-state index in [1.54, 1.807) is 30.3 Å². The van der Waals surface area contributed by atoms with Gasteiger partial charge in [0.2, 0.25) is 0 Å². The Morgan fingerprint density at radius 1 is 0.838 bits per heavy atom. The summed E-state index contributed by atoms with van der Waals surface area (Å²) in [5, 5.41) is 2.86. The molecule has 1 saturated heterocycles. The van der Waals surface area contributed by atoms with Gasteiger partial charge in [0.05, 0.1) is 11.4 Å². The number of anilines is 3. The zero-order chi connectivity index (χ0) is 25.6. The highest BCUT2D eigenvalue weighted by Gasteiger charge is 2.31. The molecule has 1 unspecified atom stereocenters. The van der Waals surface area contributed by atoms with E-state index in [0.29, 0.717) is 16.8 Å². The monoisotopic (exact) mass is 489 g/mol. The maximum Gasteiger partial charge on any atom is 0.256 e. The molecular weight excluding hydrogens is 458 g/mol. The van der Waals surface area contributed by atoms with Crippen molar-refractivity contribution < 1.29 is 9.59 Å². The van der Waals surface area contributed by atoms with Crippen LogP contribution in [0.15, 0.2) is 103 Å². The molecule has 4 aromatic rings. The lowest BCUT2D eigenvalue weighted by molar-refractivity contribution is 0.102. The number of fused-ring (bicyclic) bond motifs is 3. The van der Waals surface area contributed by atoms with Gasteiger partial charge in [0.25, 0.3) is 5.91 Å². The fourth-order valence-corrected chi connectivity index (χ4v) is 5.18. The molecule has 4 aromatic carbocycles. The summed E-state index contributed by atoms with van der Waals surface area (Å²) >= 11 is 0. The molecule has 0 spiro atoms. The Morgan fingerprint density at radius 2 is 1.51 bits per heavy atom. The molecule has 5 nitrogen and oxygen atoms in total. The van der Waals surface area contributed by atoms with E-state index in [0.717, 1.165) is 23.5 Å². The zero-order valence-corrected chi connectivity index (χ0v) is 21.0. The Kier molecular flexibility index (Phi) is 7.31. The molecule has 37 heavy (non-hydrogen) atoms. The van der Waals surface area contributed by atoms with Crippen LogP contribution in [0, 0.1) is 0 Å². The molecular formula is C32H31N3O2. The molecule has 5 heteroatoms. The maximum atomic E-state index is 12.6. The molecule has 1 atom stereocenters. The van der Waals surface area contributed by atoms with Gasteiger partial charge in [0, 0.05) is 43.0 Å². The van der Waals surface area contributed by atoms with Crippen LogP contribution in [0.5, 0.6) is 0 Å². The number of carbonyl (C=O) groups excluding carboxylic acids is 2. The van der Waals surface area contributed by atoms with Gasteiger partial charge in [-0.1, -0.05) is 60.7 Å². The number of likely N-dealkylation sites (N-methyl/N-ethyl adjacent to an activating group) is 1. The maximum absolute atomic E-state index is 12.6. The first-order valence-electron chi connectivity index (χ1n) is 12.7. The molecule has 1 N–H and O–H groups in total. The Morgan fingerprint density at radius 3 is 2.27 bits per heavy atom.